The first kappa shape index (κ1) is 40.3. The zero-order valence-electron chi connectivity index (χ0n) is 36.5. The maximum Gasteiger partial charge on any atom is 0.311 e. The number of carboxylic acids is 2. The van der Waals surface area contributed by atoms with E-state index in [1.54, 1.807) is 11.1 Å². The summed E-state index contributed by atoms with van der Waals surface area (Å²) in [5.41, 5.74) is 1.96. The number of aliphatic carboxylic acids is 2. The van der Waals surface area contributed by atoms with Gasteiger partial charge in [-0.2, -0.15) is 0 Å². The number of hydrogen-bond acceptors (Lipinski definition) is 4. The second kappa shape index (κ2) is 12.3. The van der Waals surface area contributed by atoms with Gasteiger partial charge in [0.2, 0.25) is 0 Å². The van der Waals surface area contributed by atoms with E-state index in [0.29, 0.717) is 43.8 Å². The van der Waals surface area contributed by atoms with Crippen LogP contribution in [0.4, 0.5) is 0 Å². The number of ketones is 2. The van der Waals surface area contributed by atoms with E-state index in [-0.39, 0.29) is 62.4 Å². The lowest BCUT2D eigenvalue weighted by Gasteiger charge is -2.72. The van der Waals surface area contributed by atoms with Gasteiger partial charge in [-0.3, -0.25) is 19.2 Å². The molecule has 0 aromatic heterocycles. The molecule has 2 spiro atoms. The van der Waals surface area contributed by atoms with E-state index in [4.69, 9.17) is 6.58 Å². The summed E-state index contributed by atoms with van der Waals surface area (Å²) in [6.45, 7) is 26.9. The van der Waals surface area contributed by atoms with E-state index in [9.17, 15) is 24.6 Å². The van der Waals surface area contributed by atoms with Crippen LogP contribution in [0.5, 0.6) is 0 Å². The lowest BCUT2D eigenvalue weighted by Crippen LogP contribution is -2.70. The SMILES string of the molecule is C=C1CC[C@@](C)([C@H](C)CC(=O)[C@H]2[C@H]3C[C@@H]4[C@@]5(C)CCC[C@@](C)(C(=O)O)[C@@H]5CC[C@@]4(C=C3C(C)C)[C@]2(C)C(=O)O)[C@@]12CCC1=C2CC[C@H]2C(C)(C)C(=O)CC[C@]12C. The molecule has 9 rings (SSSR count). The molecule has 0 radical (unpaired) electrons. The van der Waals surface area contributed by atoms with Crippen molar-refractivity contribution >= 4 is 23.5 Å². The highest BCUT2D eigenvalue weighted by atomic mass is 16.4. The van der Waals surface area contributed by atoms with Crippen molar-refractivity contribution in [2.24, 2.45) is 84.7 Å². The molecular formula is C50H72O6. The lowest BCUT2D eigenvalue weighted by atomic mass is 9.30. The van der Waals surface area contributed by atoms with Crippen LogP contribution in [-0.2, 0) is 19.2 Å². The average Bonchev–Trinajstić information content (AvgIpc) is 3.65. The monoisotopic (exact) mass is 769 g/mol. The lowest BCUT2D eigenvalue weighted by molar-refractivity contribution is -0.225. The number of rotatable bonds is 7. The molecule has 0 aromatic carbocycles. The first-order valence-electron chi connectivity index (χ1n) is 22.6. The third-order valence-corrected chi connectivity index (χ3v) is 20.9. The van der Waals surface area contributed by atoms with Crippen LogP contribution in [0.25, 0.3) is 0 Å². The molecule has 5 fully saturated rings. The molecule has 0 unspecified atom stereocenters. The number of carboxylic acid groups (broad SMARTS) is 2. The molecule has 13 atom stereocenters. The molecule has 2 N–H and O–H groups in total. The van der Waals surface area contributed by atoms with Gasteiger partial charge in [0.25, 0.3) is 0 Å². The third kappa shape index (κ3) is 4.57. The predicted octanol–water partition coefficient (Wildman–Crippen LogP) is 11.4. The van der Waals surface area contributed by atoms with Crippen LogP contribution in [0.2, 0.25) is 0 Å². The molecule has 0 aromatic rings. The van der Waals surface area contributed by atoms with Crippen molar-refractivity contribution in [3.8, 4) is 0 Å². The van der Waals surface area contributed by atoms with Crippen LogP contribution >= 0.6 is 0 Å². The zero-order chi connectivity index (χ0) is 41.0. The second-order valence-electron chi connectivity index (χ2n) is 23.0. The van der Waals surface area contributed by atoms with E-state index in [0.717, 1.165) is 64.2 Å². The van der Waals surface area contributed by atoms with E-state index in [1.807, 2.05) is 13.8 Å². The van der Waals surface area contributed by atoms with Crippen LogP contribution in [0.1, 0.15) is 166 Å². The zero-order valence-corrected chi connectivity index (χ0v) is 36.5. The van der Waals surface area contributed by atoms with Gasteiger partial charge in [-0.05, 0) is 143 Å². The van der Waals surface area contributed by atoms with Crippen molar-refractivity contribution in [3.63, 3.8) is 0 Å². The number of carbonyl (C=O) groups excluding carboxylic acids is 2. The molecule has 0 aliphatic heterocycles. The Balaban J connectivity index is 1.16. The number of hydrogen-bond donors (Lipinski definition) is 2. The topological polar surface area (TPSA) is 109 Å². The Morgan fingerprint density at radius 2 is 1.48 bits per heavy atom. The Hall–Kier alpha value is -2.50. The van der Waals surface area contributed by atoms with Gasteiger partial charge in [0.1, 0.15) is 11.6 Å². The van der Waals surface area contributed by atoms with Gasteiger partial charge in [0.05, 0.1) is 10.8 Å². The summed E-state index contributed by atoms with van der Waals surface area (Å²) in [4.78, 5) is 55.7. The summed E-state index contributed by atoms with van der Waals surface area (Å²) in [6.07, 6.45) is 14.8. The van der Waals surface area contributed by atoms with Crippen LogP contribution < -0.4 is 0 Å². The molecule has 2 bridgehead atoms. The molecule has 9 aliphatic carbocycles. The highest BCUT2D eigenvalue weighted by Gasteiger charge is 2.75. The molecule has 5 saturated carbocycles. The minimum atomic E-state index is -1.28. The minimum Gasteiger partial charge on any atom is -0.481 e. The van der Waals surface area contributed by atoms with Gasteiger partial charge < -0.3 is 10.2 Å². The fourth-order valence-corrected chi connectivity index (χ4v) is 17.7. The van der Waals surface area contributed by atoms with Crippen LogP contribution in [-0.4, -0.2) is 33.7 Å². The maximum atomic E-state index is 15.5. The van der Waals surface area contributed by atoms with Crippen molar-refractivity contribution in [2.75, 3.05) is 0 Å². The molecule has 9 aliphatic rings. The summed E-state index contributed by atoms with van der Waals surface area (Å²) in [7, 11) is 0. The Morgan fingerprint density at radius 1 is 0.786 bits per heavy atom. The third-order valence-electron chi connectivity index (χ3n) is 20.9. The normalized spacial score (nSPS) is 48.3. The number of fused-ring (bicyclic) bond motifs is 5. The van der Waals surface area contributed by atoms with Crippen molar-refractivity contribution in [3.05, 3.63) is 34.9 Å². The van der Waals surface area contributed by atoms with Crippen LogP contribution in [0, 0.1) is 84.7 Å². The largest absolute Gasteiger partial charge is 0.481 e. The highest BCUT2D eigenvalue weighted by Crippen LogP contribution is 2.78. The quantitative estimate of drug-likeness (QED) is 0.250. The van der Waals surface area contributed by atoms with Crippen LogP contribution in [0.15, 0.2) is 34.9 Å². The Kier molecular flexibility index (Phi) is 8.83. The number of Topliss-reactive ketones (excluding diaryl/α,β-unsaturated/α-hetero) is 2. The van der Waals surface area contributed by atoms with Crippen molar-refractivity contribution in [1.29, 1.82) is 0 Å². The summed E-state index contributed by atoms with van der Waals surface area (Å²) in [5, 5.41) is 22.1. The molecule has 0 amide bonds. The first-order valence-corrected chi connectivity index (χ1v) is 22.6. The first-order chi connectivity index (χ1) is 25.9. The smallest absolute Gasteiger partial charge is 0.311 e. The Bertz CT molecular complexity index is 1860. The molecule has 6 heteroatoms. The van der Waals surface area contributed by atoms with Gasteiger partial charge in [-0.15, -0.1) is 0 Å². The molecule has 0 saturated heterocycles. The second-order valence-corrected chi connectivity index (χ2v) is 23.0. The maximum absolute atomic E-state index is 15.5. The van der Waals surface area contributed by atoms with E-state index < -0.39 is 34.1 Å². The predicted molar refractivity (Wildman–Crippen MR) is 219 cm³/mol. The Morgan fingerprint density at radius 3 is 2.12 bits per heavy atom. The van der Waals surface area contributed by atoms with E-state index in [2.05, 4.69) is 61.5 Å². The minimum absolute atomic E-state index is 0.00722. The van der Waals surface area contributed by atoms with Crippen molar-refractivity contribution in [2.45, 2.75) is 166 Å². The van der Waals surface area contributed by atoms with Gasteiger partial charge in [0.15, 0.2) is 0 Å². The summed E-state index contributed by atoms with van der Waals surface area (Å²) >= 11 is 0. The molecule has 308 valence electrons. The standard InChI is InChI=1S/C50H72O6/c1-28(2)32-27-49-23-17-37-45(8,19-12-20-46(37,9)41(53)54)38(49)26-31(32)40(48(49,11)42(55)56)35(51)25-30(4)47(10)22-15-29(3)50(47)24-16-33-34(50)13-14-36-43(5,6)39(52)18-21-44(33,36)7/h27-28,30-31,36-38,40H,3,12-26H2,1-2,4-11H3,(H,53,54)(H,55,56)/t30-,31+,36+,37-,38-,40-,44-,45+,46-,47+,48+,49+,50+/m1/s1. The summed E-state index contributed by atoms with van der Waals surface area (Å²) < 4.78 is 0. The van der Waals surface area contributed by atoms with E-state index in [1.165, 1.54) is 11.1 Å². The van der Waals surface area contributed by atoms with Gasteiger partial charge in [0, 0.05) is 35.0 Å². The number of allylic oxidation sites excluding steroid dienone is 5. The molecule has 56 heavy (non-hydrogen) atoms. The van der Waals surface area contributed by atoms with Gasteiger partial charge in [-0.25, -0.2) is 0 Å². The molecule has 6 nitrogen and oxygen atoms in total. The van der Waals surface area contributed by atoms with Gasteiger partial charge >= 0.3 is 11.9 Å². The van der Waals surface area contributed by atoms with Crippen LogP contribution in [0.3, 0.4) is 0 Å². The fourth-order valence-electron chi connectivity index (χ4n) is 17.7. The summed E-state index contributed by atoms with van der Waals surface area (Å²) in [5.74, 6) is -1.26. The number of carbonyl (C=O) groups is 4. The highest BCUT2D eigenvalue weighted by molar-refractivity contribution is 5.91. The Labute approximate surface area is 337 Å². The van der Waals surface area contributed by atoms with Crippen molar-refractivity contribution < 1.29 is 29.4 Å². The molecular weight excluding hydrogens is 697 g/mol. The summed E-state index contributed by atoms with van der Waals surface area (Å²) in [6, 6.07) is 0. The fraction of sp³-hybridized carbons (Fsp3) is 0.800. The average molecular weight is 769 g/mol. The van der Waals surface area contributed by atoms with Crippen molar-refractivity contribution in [1.82, 2.24) is 0 Å². The van der Waals surface area contributed by atoms with Gasteiger partial charge in [-0.1, -0.05) is 96.8 Å². The molecule has 0 heterocycles. The van der Waals surface area contributed by atoms with E-state index >= 15 is 4.79 Å².